The van der Waals surface area contributed by atoms with Crippen molar-refractivity contribution in [3.8, 4) is 0 Å². The number of hydrogen-bond donors (Lipinski definition) is 2. The summed E-state index contributed by atoms with van der Waals surface area (Å²) in [5.41, 5.74) is 8.69. The van der Waals surface area contributed by atoms with Crippen LogP contribution >= 0.6 is 0 Å². The molecule has 0 spiro atoms. The van der Waals surface area contributed by atoms with E-state index in [-0.39, 0.29) is 18.9 Å². The molecule has 3 aromatic carbocycles. The van der Waals surface area contributed by atoms with Crippen LogP contribution in [0.25, 0.3) is 0 Å². The molecule has 0 saturated carbocycles. The number of nitrogens with zero attached hydrogens (tertiary/aromatic N) is 2. The molecule has 0 aliphatic carbocycles. The van der Waals surface area contributed by atoms with Gasteiger partial charge in [0.1, 0.15) is 18.4 Å². The van der Waals surface area contributed by atoms with Gasteiger partial charge >= 0.3 is 6.03 Å². The number of rotatable bonds is 5. The SMILES string of the molecule is Cc1cccc(N(C(N)=O)C2CC(c3cccc(F)c3)c3ccccc3N(CC(=O)NC(C)(C)C)C2=O)c1. The van der Waals surface area contributed by atoms with Crippen molar-refractivity contribution in [3.63, 3.8) is 0 Å². The Morgan fingerprint density at radius 3 is 2.42 bits per heavy atom. The van der Waals surface area contributed by atoms with Crippen LogP contribution in [0.3, 0.4) is 0 Å². The Morgan fingerprint density at radius 2 is 1.76 bits per heavy atom. The Balaban J connectivity index is 1.89. The van der Waals surface area contributed by atoms with Crippen LogP contribution in [-0.2, 0) is 9.59 Å². The molecule has 0 aromatic heterocycles. The van der Waals surface area contributed by atoms with Gasteiger partial charge in [0, 0.05) is 22.8 Å². The van der Waals surface area contributed by atoms with Crippen LogP contribution in [0, 0.1) is 12.7 Å². The van der Waals surface area contributed by atoms with Crippen molar-refractivity contribution in [2.45, 2.75) is 51.6 Å². The van der Waals surface area contributed by atoms with E-state index in [1.165, 1.54) is 21.9 Å². The van der Waals surface area contributed by atoms with Crippen LogP contribution in [0.15, 0.2) is 72.8 Å². The molecule has 0 bridgehead atoms. The first-order valence-corrected chi connectivity index (χ1v) is 12.6. The number of fused-ring (bicyclic) bond motifs is 1. The van der Waals surface area contributed by atoms with E-state index in [2.05, 4.69) is 5.32 Å². The van der Waals surface area contributed by atoms with E-state index in [4.69, 9.17) is 5.73 Å². The molecular formula is C30H33FN4O3. The van der Waals surface area contributed by atoms with Gasteiger partial charge in [-0.25, -0.2) is 9.18 Å². The molecule has 3 N–H and O–H groups in total. The largest absolute Gasteiger partial charge is 0.351 e. The number of benzene rings is 3. The van der Waals surface area contributed by atoms with E-state index in [1.807, 2.05) is 45.9 Å². The van der Waals surface area contributed by atoms with Gasteiger partial charge in [0.25, 0.3) is 5.91 Å². The van der Waals surface area contributed by atoms with Crippen molar-refractivity contribution in [1.82, 2.24) is 5.32 Å². The molecule has 1 aliphatic heterocycles. The fourth-order valence-electron chi connectivity index (χ4n) is 5.04. The van der Waals surface area contributed by atoms with Crippen LogP contribution < -0.4 is 20.9 Å². The molecule has 198 valence electrons. The van der Waals surface area contributed by atoms with Crippen LogP contribution in [0.5, 0.6) is 0 Å². The number of anilines is 2. The standard InChI is InChI=1S/C30H33FN4O3/c1-19-9-7-12-22(15-19)35(29(32)38)26-17-24(20-10-8-11-21(31)16-20)23-13-5-6-14-25(23)34(28(26)37)18-27(36)33-30(2,3)4/h5-16,24,26H,17-18H2,1-4H3,(H2,32,38)(H,33,36). The fourth-order valence-corrected chi connectivity index (χ4v) is 5.04. The number of carbonyl (C=O) groups is 3. The van der Waals surface area contributed by atoms with E-state index in [0.717, 1.165) is 11.1 Å². The van der Waals surface area contributed by atoms with Crippen molar-refractivity contribution >= 4 is 29.2 Å². The highest BCUT2D eigenvalue weighted by Crippen LogP contribution is 2.41. The Hall–Kier alpha value is -4.20. The monoisotopic (exact) mass is 516 g/mol. The second-order valence-electron chi connectivity index (χ2n) is 10.7. The summed E-state index contributed by atoms with van der Waals surface area (Å²) < 4.78 is 14.4. The molecule has 7 nitrogen and oxygen atoms in total. The minimum Gasteiger partial charge on any atom is -0.351 e. The number of halogens is 1. The maximum Gasteiger partial charge on any atom is 0.320 e. The number of para-hydroxylation sites is 1. The minimum absolute atomic E-state index is 0.146. The normalized spacial score (nSPS) is 17.4. The number of urea groups is 1. The zero-order chi connectivity index (χ0) is 27.6. The van der Waals surface area contributed by atoms with Crippen molar-refractivity contribution in [3.05, 3.63) is 95.3 Å². The number of nitrogens with one attached hydrogen (secondary N) is 1. The lowest BCUT2D eigenvalue weighted by Crippen LogP contribution is -2.55. The molecular weight excluding hydrogens is 483 g/mol. The van der Waals surface area contributed by atoms with E-state index in [9.17, 15) is 18.8 Å². The molecule has 1 aliphatic rings. The zero-order valence-electron chi connectivity index (χ0n) is 22.1. The molecule has 8 heteroatoms. The van der Waals surface area contributed by atoms with Gasteiger partial charge in [-0.2, -0.15) is 0 Å². The summed E-state index contributed by atoms with van der Waals surface area (Å²) in [6.45, 7) is 7.21. The smallest absolute Gasteiger partial charge is 0.320 e. The topological polar surface area (TPSA) is 95.7 Å². The van der Waals surface area contributed by atoms with Gasteiger partial charge in [0.2, 0.25) is 5.91 Å². The van der Waals surface area contributed by atoms with Crippen molar-refractivity contribution in [1.29, 1.82) is 0 Å². The minimum atomic E-state index is -1.04. The number of nitrogens with two attached hydrogens (primary N) is 1. The summed E-state index contributed by atoms with van der Waals surface area (Å²) in [5, 5.41) is 2.91. The Labute approximate surface area is 222 Å². The third-order valence-electron chi connectivity index (χ3n) is 6.51. The van der Waals surface area contributed by atoms with Gasteiger partial charge in [-0.1, -0.05) is 42.5 Å². The molecule has 0 fully saturated rings. The highest BCUT2D eigenvalue weighted by Gasteiger charge is 2.41. The molecule has 38 heavy (non-hydrogen) atoms. The van der Waals surface area contributed by atoms with E-state index >= 15 is 0 Å². The number of amides is 4. The Kier molecular flexibility index (Phi) is 7.53. The van der Waals surface area contributed by atoms with Gasteiger partial charge in [-0.15, -0.1) is 0 Å². The van der Waals surface area contributed by atoms with Gasteiger partial charge in [0.15, 0.2) is 0 Å². The van der Waals surface area contributed by atoms with Gasteiger partial charge < -0.3 is 16.0 Å². The van der Waals surface area contributed by atoms with Gasteiger partial charge in [-0.05, 0) is 81.1 Å². The molecule has 2 unspecified atom stereocenters. The summed E-state index contributed by atoms with van der Waals surface area (Å²) in [6.07, 6.45) is 0.146. The highest BCUT2D eigenvalue weighted by molar-refractivity contribution is 6.08. The summed E-state index contributed by atoms with van der Waals surface area (Å²) >= 11 is 0. The zero-order valence-corrected chi connectivity index (χ0v) is 22.1. The first-order chi connectivity index (χ1) is 17.9. The molecule has 4 rings (SSSR count). The number of aryl methyl sites for hydroxylation is 1. The third-order valence-corrected chi connectivity index (χ3v) is 6.51. The maximum absolute atomic E-state index is 14.4. The lowest BCUT2D eigenvalue weighted by molar-refractivity contribution is -0.125. The van der Waals surface area contributed by atoms with E-state index < -0.39 is 35.3 Å². The summed E-state index contributed by atoms with van der Waals surface area (Å²) in [4.78, 5) is 42.9. The highest BCUT2D eigenvalue weighted by atomic mass is 19.1. The fraction of sp³-hybridized carbons (Fsp3) is 0.300. The van der Waals surface area contributed by atoms with Gasteiger partial charge in [-0.3, -0.25) is 14.5 Å². The van der Waals surface area contributed by atoms with Crippen LogP contribution in [0.4, 0.5) is 20.6 Å². The van der Waals surface area contributed by atoms with Gasteiger partial charge in [0.05, 0.1) is 0 Å². The lowest BCUT2D eigenvalue weighted by atomic mass is 9.85. The third kappa shape index (κ3) is 5.85. The molecule has 0 saturated heterocycles. The predicted octanol–water partition coefficient (Wildman–Crippen LogP) is 4.87. The van der Waals surface area contributed by atoms with Crippen molar-refractivity contribution < 1.29 is 18.8 Å². The summed E-state index contributed by atoms with van der Waals surface area (Å²) in [5.74, 6) is -1.64. The average molecular weight is 517 g/mol. The molecule has 0 radical (unpaired) electrons. The molecule has 4 amide bonds. The van der Waals surface area contributed by atoms with Crippen molar-refractivity contribution in [2.24, 2.45) is 5.73 Å². The number of carbonyl (C=O) groups excluding carboxylic acids is 3. The second kappa shape index (κ2) is 10.7. The summed E-state index contributed by atoms with van der Waals surface area (Å²) in [6, 6.07) is 18.8. The van der Waals surface area contributed by atoms with E-state index in [0.29, 0.717) is 16.9 Å². The Bertz CT molecular complexity index is 1370. The Morgan fingerprint density at radius 1 is 1.05 bits per heavy atom. The van der Waals surface area contributed by atoms with Crippen LogP contribution in [-0.4, -0.2) is 36.0 Å². The first kappa shape index (κ1) is 26.9. The number of hydrogen-bond acceptors (Lipinski definition) is 3. The second-order valence-corrected chi connectivity index (χ2v) is 10.7. The lowest BCUT2D eigenvalue weighted by Gasteiger charge is -2.33. The average Bonchev–Trinajstić information content (AvgIpc) is 2.94. The van der Waals surface area contributed by atoms with Crippen LogP contribution in [0.2, 0.25) is 0 Å². The molecule has 2 atom stereocenters. The summed E-state index contributed by atoms with van der Waals surface area (Å²) in [7, 11) is 0. The van der Waals surface area contributed by atoms with E-state index in [1.54, 1.807) is 42.5 Å². The predicted molar refractivity (Wildman–Crippen MR) is 147 cm³/mol. The molecule has 3 aromatic rings. The quantitative estimate of drug-likeness (QED) is 0.506. The van der Waals surface area contributed by atoms with Crippen LogP contribution in [0.1, 0.15) is 49.8 Å². The first-order valence-electron chi connectivity index (χ1n) is 12.6. The van der Waals surface area contributed by atoms with Crippen molar-refractivity contribution in [2.75, 3.05) is 16.3 Å². The molecule has 1 heterocycles. The number of primary amides is 1. The maximum atomic E-state index is 14.4.